The molecule has 88 valence electrons. The Bertz CT molecular complexity index is 326. The maximum absolute atomic E-state index is 11.7. The molecule has 1 aromatic rings. The Morgan fingerprint density at radius 3 is 2.88 bits per heavy atom. The van der Waals surface area contributed by atoms with Crippen LogP contribution in [0.25, 0.3) is 0 Å². The maximum Gasteiger partial charge on any atom is 0.222 e. The lowest BCUT2D eigenvalue weighted by Crippen LogP contribution is -2.37. The maximum atomic E-state index is 11.7. The van der Waals surface area contributed by atoms with Gasteiger partial charge in [0.2, 0.25) is 5.91 Å². The summed E-state index contributed by atoms with van der Waals surface area (Å²) in [4.78, 5) is 21.1. The smallest absolute Gasteiger partial charge is 0.222 e. The molecule has 1 aromatic heterocycles. The molecule has 0 spiro atoms. The predicted octanol–water partition coefficient (Wildman–Crippen LogP) is 1.92. The van der Waals surface area contributed by atoms with Crippen LogP contribution in [-0.2, 0) is 4.79 Å². The Morgan fingerprint density at radius 2 is 2.31 bits per heavy atom. The zero-order valence-corrected chi connectivity index (χ0v) is 9.78. The van der Waals surface area contributed by atoms with Gasteiger partial charge in [-0.1, -0.05) is 6.92 Å². The minimum Gasteiger partial charge on any atom is -0.348 e. The van der Waals surface area contributed by atoms with Crippen molar-refractivity contribution in [3.8, 4) is 0 Å². The summed E-state index contributed by atoms with van der Waals surface area (Å²) >= 11 is 0. The molecule has 1 aliphatic rings. The Kier molecular flexibility index (Phi) is 3.59. The van der Waals surface area contributed by atoms with E-state index in [1.54, 1.807) is 6.20 Å². The zero-order valence-electron chi connectivity index (χ0n) is 9.78. The van der Waals surface area contributed by atoms with E-state index in [2.05, 4.69) is 9.97 Å². The third-order valence-electron chi connectivity index (χ3n) is 3.22. The van der Waals surface area contributed by atoms with E-state index in [1.165, 1.54) is 0 Å². The van der Waals surface area contributed by atoms with Crippen molar-refractivity contribution < 1.29 is 4.79 Å². The molecule has 16 heavy (non-hydrogen) atoms. The van der Waals surface area contributed by atoms with E-state index < -0.39 is 0 Å². The van der Waals surface area contributed by atoms with Gasteiger partial charge in [-0.25, -0.2) is 4.98 Å². The highest BCUT2D eigenvalue weighted by Gasteiger charge is 2.24. The highest BCUT2D eigenvalue weighted by atomic mass is 16.2. The van der Waals surface area contributed by atoms with Crippen molar-refractivity contribution in [2.24, 2.45) is 0 Å². The summed E-state index contributed by atoms with van der Waals surface area (Å²) in [6.07, 6.45) is 7.35. The largest absolute Gasteiger partial charge is 0.348 e. The van der Waals surface area contributed by atoms with Crippen molar-refractivity contribution in [1.82, 2.24) is 14.9 Å². The van der Waals surface area contributed by atoms with E-state index in [-0.39, 0.29) is 0 Å². The van der Waals surface area contributed by atoms with Crippen molar-refractivity contribution in [2.75, 3.05) is 13.1 Å². The highest BCUT2D eigenvalue weighted by molar-refractivity contribution is 5.76. The van der Waals surface area contributed by atoms with Crippen molar-refractivity contribution >= 4 is 5.91 Å². The number of hydrogen-bond donors (Lipinski definition) is 1. The molecule has 0 aromatic carbocycles. The van der Waals surface area contributed by atoms with Crippen LogP contribution in [0.2, 0.25) is 0 Å². The van der Waals surface area contributed by atoms with Crippen molar-refractivity contribution in [3.05, 3.63) is 18.2 Å². The van der Waals surface area contributed by atoms with Gasteiger partial charge in [0.25, 0.3) is 0 Å². The number of nitrogens with zero attached hydrogens (tertiary/aromatic N) is 2. The quantitative estimate of drug-likeness (QED) is 0.847. The Morgan fingerprint density at radius 1 is 1.56 bits per heavy atom. The lowest BCUT2D eigenvalue weighted by Gasteiger charge is -2.31. The average molecular weight is 221 g/mol. The number of aromatic nitrogens is 2. The molecule has 1 fully saturated rings. The number of hydrogen-bond acceptors (Lipinski definition) is 2. The average Bonchev–Trinajstić information content (AvgIpc) is 2.83. The Hall–Kier alpha value is -1.32. The van der Waals surface area contributed by atoms with E-state index in [0.29, 0.717) is 18.2 Å². The summed E-state index contributed by atoms with van der Waals surface area (Å²) in [5.41, 5.74) is 0. The Balaban J connectivity index is 1.85. The number of H-pyrrole nitrogens is 1. The summed E-state index contributed by atoms with van der Waals surface area (Å²) < 4.78 is 0. The molecule has 0 unspecified atom stereocenters. The normalized spacial score (nSPS) is 17.7. The standard InChI is InChI=1S/C12H19N3O/c1-2-3-11(16)15-8-4-10(5-9-15)12-13-6-7-14-12/h6-7,10H,2-5,8-9H2,1H3,(H,13,14). The number of amides is 1. The summed E-state index contributed by atoms with van der Waals surface area (Å²) in [5.74, 6) is 1.88. The minimum atomic E-state index is 0.306. The van der Waals surface area contributed by atoms with E-state index in [0.717, 1.165) is 38.2 Å². The van der Waals surface area contributed by atoms with Gasteiger partial charge in [-0.2, -0.15) is 0 Å². The zero-order chi connectivity index (χ0) is 11.4. The van der Waals surface area contributed by atoms with Crippen LogP contribution in [0.3, 0.4) is 0 Å². The van der Waals surface area contributed by atoms with Gasteiger partial charge >= 0.3 is 0 Å². The molecule has 0 aliphatic carbocycles. The fourth-order valence-electron chi connectivity index (χ4n) is 2.28. The number of piperidine rings is 1. The molecule has 2 rings (SSSR count). The molecular formula is C12H19N3O. The molecule has 0 saturated carbocycles. The van der Waals surface area contributed by atoms with Gasteiger partial charge in [0, 0.05) is 37.8 Å². The van der Waals surface area contributed by atoms with Crippen molar-refractivity contribution in [2.45, 2.75) is 38.5 Å². The van der Waals surface area contributed by atoms with Gasteiger partial charge < -0.3 is 9.88 Å². The number of rotatable bonds is 3. The third kappa shape index (κ3) is 2.43. The van der Waals surface area contributed by atoms with Crippen LogP contribution in [0.5, 0.6) is 0 Å². The molecule has 1 aliphatic heterocycles. The van der Waals surface area contributed by atoms with Crippen molar-refractivity contribution in [3.63, 3.8) is 0 Å². The van der Waals surface area contributed by atoms with E-state index in [4.69, 9.17) is 0 Å². The number of nitrogens with one attached hydrogen (secondary N) is 1. The second kappa shape index (κ2) is 5.14. The van der Waals surface area contributed by atoms with Gasteiger partial charge in [-0.3, -0.25) is 4.79 Å². The molecule has 1 amide bonds. The summed E-state index contributed by atoms with van der Waals surface area (Å²) in [6, 6.07) is 0. The first kappa shape index (κ1) is 11.2. The summed E-state index contributed by atoms with van der Waals surface area (Å²) in [6.45, 7) is 3.81. The van der Waals surface area contributed by atoms with Gasteiger partial charge in [0.1, 0.15) is 5.82 Å². The lowest BCUT2D eigenvalue weighted by molar-refractivity contribution is -0.132. The van der Waals surface area contributed by atoms with Gasteiger partial charge in [-0.05, 0) is 19.3 Å². The summed E-state index contributed by atoms with van der Waals surface area (Å²) in [7, 11) is 0. The second-order valence-corrected chi connectivity index (χ2v) is 4.38. The number of aromatic amines is 1. The van der Waals surface area contributed by atoms with Crippen LogP contribution in [0.15, 0.2) is 12.4 Å². The van der Waals surface area contributed by atoms with Crippen LogP contribution in [0.4, 0.5) is 0 Å². The highest BCUT2D eigenvalue weighted by Crippen LogP contribution is 2.25. The fraction of sp³-hybridized carbons (Fsp3) is 0.667. The number of carbonyl (C=O) groups is 1. The molecule has 1 saturated heterocycles. The van der Waals surface area contributed by atoms with E-state index in [1.807, 2.05) is 18.0 Å². The molecule has 4 nitrogen and oxygen atoms in total. The van der Waals surface area contributed by atoms with Gasteiger partial charge in [0.05, 0.1) is 0 Å². The molecule has 0 radical (unpaired) electrons. The van der Waals surface area contributed by atoms with E-state index in [9.17, 15) is 4.79 Å². The number of imidazole rings is 1. The topological polar surface area (TPSA) is 49.0 Å². The third-order valence-corrected chi connectivity index (χ3v) is 3.22. The molecule has 1 N–H and O–H groups in total. The molecule has 0 bridgehead atoms. The van der Waals surface area contributed by atoms with E-state index >= 15 is 0 Å². The molecular weight excluding hydrogens is 202 g/mol. The first-order valence-electron chi connectivity index (χ1n) is 6.08. The SMILES string of the molecule is CCCC(=O)N1CCC(c2ncc[nH]2)CC1. The van der Waals surface area contributed by atoms with Crippen molar-refractivity contribution in [1.29, 1.82) is 0 Å². The molecule has 0 atom stereocenters. The number of carbonyl (C=O) groups excluding carboxylic acids is 1. The summed E-state index contributed by atoms with van der Waals surface area (Å²) in [5, 5.41) is 0. The fourth-order valence-corrected chi connectivity index (χ4v) is 2.28. The predicted molar refractivity (Wildman–Crippen MR) is 62.1 cm³/mol. The van der Waals surface area contributed by atoms with Gasteiger partial charge in [-0.15, -0.1) is 0 Å². The monoisotopic (exact) mass is 221 g/mol. The second-order valence-electron chi connectivity index (χ2n) is 4.38. The number of likely N-dealkylation sites (tertiary alicyclic amines) is 1. The first-order chi connectivity index (χ1) is 7.81. The molecule has 2 heterocycles. The van der Waals surface area contributed by atoms with Crippen LogP contribution in [0, 0.1) is 0 Å². The minimum absolute atomic E-state index is 0.306. The Labute approximate surface area is 96.1 Å². The first-order valence-corrected chi connectivity index (χ1v) is 6.08. The van der Waals surface area contributed by atoms with Crippen LogP contribution >= 0.6 is 0 Å². The lowest BCUT2D eigenvalue weighted by atomic mass is 9.96. The van der Waals surface area contributed by atoms with Crippen LogP contribution in [-0.4, -0.2) is 33.9 Å². The van der Waals surface area contributed by atoms with Gasteiger partial charge in [0.15, 0.2) is 0 Å². The van der Waals surface area contributed by atoms with Crippen LogP contribution in [0.1, 0.15) is 44.3 Å². The van der Waals surface area contributed by atoms with Crippen LogP contribution < -0.4 is 0 Å². The molecule has 4 heteroatoms.